The van der Waals surface area contributed by atoms with Crippen LogP contribution in [-0.2, 0) is 6.42 Å². The molecule has 5 heteroatoms. The van der Waals surface area contributed by atoms with E-state index in [1.54, 1.807) is 18.2 Å². The Kier molecular flexibility index (Phi) is 6.46. The highest BCUT2D eigenvalue weighted by Gasteiger charge is 2.15. The summed E-state index contributed by atoms with van der Waals surface area (Å²) in [5.74, 6) is -0.150. The molecule has 1 amide bonds. The summed E-state index contributed by atoms with van der Waals surface area (Å²) in [5, 5.41) is 3.79. The largest absolute Gasteiger partial charge is 0.350 e. The summed E-state index contributed by atoms with van der Waals surface area (Å²) < 4.78 is 0. The van der Waals surface area contributed by atoms with E-state index in [-0.39, 0.29) is 11.9 Å². The fourth-order valence-electron chi connectivity index (χ4n) is 2.27. The number of carbonyl (C=O) groups excluding carboxylic acids is 1. The first-order chi connectivity index (χ1) is 11.0. The number of hydrogen-bond donors (Lipinski definition) is 1. The summed E-state index contributed by atoms with van der Waals surface area (Å²) in [6, 6.07) is 15.3. The summed E-state index contributed by atoms with van der Waals surface area (Å²) in [4.78, 5) is 14.4. The molecule has 0 heterocycles. The second-order valence-electron chi connectivity index (χ2n) is 5.65. The van der Waals surface area contributed by atoms with Crippen molar-refractivity contribution in [3.63, 3.8) is 0 Å². The van der Waals surface area contributed by atoms with Gasteiger partial charge >= 0.3 is 0 Å². The molecule has 0 fully saturated rings. The van der Waals surface area contributed by atoms with Crippen LogP contribution >= 0.6 is 23.2 Å². The van der Waals surface area contributed by atoms with Crippen molar-refractivity contribution < 1.29 is 4.79 Å². The van der Waals surface area contributed by atoms with Crippen LogP contribution in [0.25, 0.3) is 0 Å². The Morgan fingerprint density at radius 3 is 2.39 bits per heavy atom. The Labute approximate surface area is 147 Å². The molecule has 0 spiro atoms. The van der Waals surface area contributed by atoms with Gasteiger partial charge in [0, 0.05) is 18.2 Å². The van der Waals surface area contributed by atoms with Gasteiger partial charge in [0.15, 0.2) is 0 Å². The lowest BCUT2D eigenvalue weighted by molar-refractivity contribution is 0.0941. The average molecular weight is 351 g/mol. The molecule has 1 N–H and O–H groups in total. The standard InChI is InChI=1S/C18H20Cl2N2O/c1-22(2)15(10-13-6-4-3-5-7-13)12-21-18(23)14-8-9-16(19)17(20)11-14/h3-9,11,15H,10,12H2,1-2H3,(H,21,23). The van der Waals surface area contributed by atoms with Crippen LogP contribution in [0.3, 0.4) is 0 Å². The number of carbonyl (C=O) groups is 1. The highest BCUT2D eigenvalue weighted by Crippen LogP contribution is 2.22. The first-order valence-corrected chi connectivity index (χ1v) is 8.16. The molecule has 0 aliphatic heterocycles. The van der Waals surface area contributed by atoms with Crippen molar-refractivity contribution >= 4 is 29.1 Å². The van der Waals surface area contributed by atoms with E-state index in [9.17, 15) is 4.79 Å². The zero-order valence-corrected chi connectivity index (χ0v) is 14.7. The Bertz CT molecular complexity index is 659. The molecule has 2 aromatic rings. The number of hydrogen-bond acceptors (Lipinski definition) is 2. The normalized spacial score (nSPS) is 12.2. The van der Waals surface area contributed by atoms with Gasteiger partial charge in [-0.25, -0.2) is 0 Å². The molecular weight excluding hydrogens is 331 g/mol. The number of nitrogens with zero attached hydrogens (tertiary/aromatic N) is 1. The number of amides is 1. The molecule has 0 saturated heterocycles. The summed E-state index contributed by atoms with van der Waals surface area (Å²) in [6.07, 6.45) is 0.871. The highest BCUT2D eigenvalue weighted by atomic mass is 35.5. The summed E-state index contributed by atoms with van der Waals surface area (Å²) >= 11 is 11.8. The molecule has 122 valence electrons. The maximum Gasteiger partial charge on any atom is 0.251 e. The van der Waals surface area contributed by atoms with Gasteiger partial charge in [-0.1, -0.05) is 53.5 Å². The summed E-state index contributed by atoms with van der Waals surface area (Å²) in [7, 11) is 4.03. The number of benzene rings is 2. The minimum absolute atomic E-state index is 0.150. The molecule has 0 radical (unpaired) electrons. The van der Waals surface area contributed by atoms with Gasteiger partial charge in [-0.2, -0.15) is 0 Å². The lowest BCUT2D eigenvalue weighted by Gasteiger charge is -2.24. The fourth-order valence-corrected chi connectivity index (χ4v) is 2.57. The number of nitrogens with one attached hydrogen (secondary N) is 1. The minimum Gasteiger partial charge on any atom is -0.350 e. The molecule has 3 nitrogen and oxygen atoms in total. The van der Waals surface area contributed by atoms with Crippen LogP contribution < -0.4 is 5.32 Å². The Morgan fingerprint density at radius 2 is 1.78 bits per heavy atom. The van der Waals surface area contributed by atoms with E-state index in [2.05, 4.69) is 22.3 Å². The van der Waals surface area contributed by atoms with Crippen molar-refractivity contribution in [1.82, 2.24) is 10.2 Å². The van der Waals surface area contributed by atoms with Crippen molar-refractivity contribution in [1.29, 1.82) is 0 Å². The van der Waals surface area contributed by atoms with Gasteiger partial charge in [0.25, 0.3) is 5.91 Å². The van der Waals surface area contributed by atoms with Crippen LogP contribution in [0, 0.1) is 0 Å². The van der Waals surface area contributed by atoms with Gasteiger partial charge in [-0.3, -0.25) is 4.79 Å². The zero-order chi connectivity index (χ0) is 16.8. The van der Waals surface area contributed by atoms with Gasteiger partial charge in [0.2, 0.25) is 0 Å². The van der Waals surface area contributed by atoms with Gasteiger partial charge in [0.1, 0.15) is 0 Å². The maximum atomic E-state index is 12.3. The smallest absolute Gasteiger partial charge is 0.251 e. The van der Waals surface area contributed by atoms with Crippen molar-refractivity contribution in [3.05, 3.63) is 69.7 Å². The monoisotopic (exact) mass is 350 g/mol. The Hall–Kier alpha value is -1.55. The summed E-state index contributed by atoms with van der Waals surface area (Å²) in [5.41, 5.74) is 1.76. The van der Waals surface area contributed by atoms with Gasteiger partial charge in [-0.05, 0) is 44.3 Å². The molecule has 2 aromatic carbocycles. The predicted octanol–water partition coefficient (Wildman–Crippen LogP) is 3.90. The van der Waals surface area contributed by atoms with Crippen molar-refractivity contribution in [2.75, 3.05) is 20.6 Å². The SMILES string of the molecule is CN(C)C(CNC(=O)c1ccc(Cl)c(Cl)c1)Cc1ccccc1. The number of rotatable bonds is 6. The topological polar surface area (TPSA) is 32.3 Å². The maximum absolute atomic E-state index is 12.3. The van der Waals surface area contributed by atoms with Crippen molar-refractivity contribution in [2.24, 2.45) is 0 Å². The number of likely N-dealkylation sites (N-methyl/N-ethyl adjacent to an activating group) is 1. The van der Waals surface area contributed by atoms with Crippen LogP contribution in [0.4, 0.5) is 0 Å². The number of halogens is 2. The van der Waals surface area contributed by atoms with Crippen LogP contribution in [0.1, 0.15) is 15.9 Å². The van der Waals surface area contributed by atoms with Gasteiger partial charge in [-0.15, -0.1) is 0 Å². The molecule has 0 aliphatic carbocycles. The zero-order valence-electron chi connectivity index (χ0n) is 13.2. The minimum atomic E-state index is -0.150. The third kappa shape index (κ3) is 5.24. The van der Waals surface area contributed by atoms with Crippen LogP contribution in [0.5, 0.6) is 0 Å². The van der Waals surface area contributed by atoms with Crippen molar-refractivity contribution in [3.8, 4) is 0 Å². The molecule has 0 saturated carbocycles. The molecule has 0 aromatic heterocycles. The molecule has 0 aliphatic rings. The lowest BCUT2D eigenvalue weighted by Crippen LogP contribution is -2.41. The third-order valence-electron chi connectivity index (χ3n) is 3.72. The Morgan fingerprint density at radius 1 is 1.09 bits per heavy atom. The highest BCUT2D eigenvalue weighted by molar-refractivity contribution is 6.42. The molecule has 1 unspecified atom stereocenters. The third-order valence-corrected chi connectivity index (χ3v) is 4.46. The quantitative estimate of drug-likeness (QED) is 0.856. The predicted molar refractivity (Wildman–Crippen MR) is 96.4 cm³/mol. The van der Waals surface area contributed by atoms with Crippen LogP contribution in [0.2, 0.25) is 10.0 Å². The van der Waals surface area contributed by atoms with E-state index in [1.165, 1.54) is 5.56 Å². The van der Waals surface area contributed by atoms with E-state index in [1.807, 2.05) is 32.3 Å². The second kappa shape index (κ2) is 8.34. The Balaban J connectivity index is 1.98. The summed E-state index contributed by atoms with van der Waals surface area (Å²) in [6.45, 7) is 0.557. The van der Waals surface area contributed by atoms with Crippen LogP contribution in [0.15, 0.2) is 48.5 Å². The first-order valence-electron chi connectivity index (χ1n) is 7.41. The van der Waals surface area contributed by atoms with E-state index in [0.29, 0.717) is 22.2 Å². The average Bonchev–Trinajstić information content (AvgIpc) is 2.54. The van der Waals surface area contributed by atoms with Crippen LogP contribution in [-0.4, -0.2) is 37.5 Å². The lowest BCUT2D eigenvalue weighted by atomic mass is 10.1. The molecular formula is C18H20Cl2N2O. The van der Waals surface area contributed by atoms with Gasteiger partial charge < -0.3 is 10.2 Å². The molecule has 1 atom stereocenters. The molecule has 23 heavy (non-hydrogen) atoms. The molecule has 0 bridgehead atoms. The first kappa shape index (κ1) is 17.8. The van der Waals surface area contributed by atoms with Gasteiger partial charge in [0.05, 0.1) is 10.0 Å². The molecule has 2 rings (SSSR count). The van der Waals surface area contributed by atoms with Crippen molar-refractivity contribution in [2.45, 2.75) is 12.5 Å². The van der Waals surface area contributed by atoms with E-state index < -0.39 is 0 Å². The van der Waals surface area contributed by atoms with E-state index in [4.69, 9.17) is 23.2 Å². The second-order valence-corrected chi connectivity index (χ2v) is 6.46. The van der Waals surface area contributed by atoms with E-state index in [0.717, 1.165) is 6.42 Å². The fraction of sp³-hybridized carbons (Fsp3) is 0.278. The van der Waals surface area contributed by atoms with E-state index >= 15 is 0 Å².